The number of rotatable bonds is 2. The number of likely N-dealkylation sites (tertiary alicyclic amines) is 1. The topological polar surface area (TPSA) is 86.7 Å². The lowest BCUT2D eigenvalue weighted by Crippen LogP contribution is -2.48. The molecule has 0 unspecified atom stereocenters. The molecule has 0 bridgehead atoms. The number of nitrogens with one attached hydrogen (secondary N) is 1. The second-order valence-corrected chi connectivity index (χ2v) is 5.45. The van der Waals surface area contributed by atoms with Crippen LogP contribution in [0.25, 0.3) is 0 Å². The predicted molar refractivity (Wildman–Crippen MR) is 74.0 cm³/mol. The summed E-state index contributed by atoms with van der Waals surface area (Å²) >= 11 is 0. The SMILES string of the molecule is O=C(O)c1cccc(C(=O)N2CCC[C@H]3C(=O)NC[C@H]32)c1. The molecule has 1 aromatic rings. The van der Waals surface area contributed by atoms with E-state index in [9.17, 15) is 14.4 Å². The summed E-state index contributed by atoms with van der Waals surface area (Å²) in [7, 11) is 0. The van der Waals surface area contributed by atoms with E-state index in [2.05, 4.69) is 5.32 Å². The van der Waals surface area contributed by atoms with Crippen molar-refractivity contribution in [2.45, 2.75) is 18.9 Å². The van der Waals surface area contributed by atoms with Crippen LogP contribution in [0.5, 0.6) is 0 Å². The van der Waals surface area contributed by atoms with E-state index in [1.54, 1.807) is 17.0 Å². The summed E-state index contributed by atoms with van der Waals surface area (Å²) in [6.45, 7) is 1.08. The number of carboxylic acid groups (broad SMARTS) is 1. The van der Waals surface area contributed by atoms with E-state index in [-0.39, 0.29) is 29.3 Å². The summed E-state index contributed by atoms with van der Waals surface area (Å²) < 4.78 is 0. The Morgan fingerprint density at radius 2 is 2.05 bits per heavy atom. The van der Waals surface area contributed by atoms with Crippen LogP contribution in [-0.4, -0.2) is 46.9 Å². The summed E-state index contributed by atoms with van der Waals surface area (Å²) in [5.41, 5.74) is 0.449. The number of hydrogen-bond donors (Lipinski definition) is 2. The van der Waals surface area contributed by atoms with Crippen molar-refractivity contribution in [2.75, 3.05) is 13.1 Å². The van der Waals surface area contributed by atoms with Crippen LogP contribution < -0.4 is 5.32 Å². The summed E-state index contributed by atoms with van der Waals surface area (Å²) in [5, 5.41) is 11.8. The van der Waals surface area contributed by atoms with Crippen molar-refractivity contribution in [3.63, 3.8) is 0 Å². The average molecular weight is 288 g/mol. The van der Waals surface area contributed by atoms with Gasteiger partial charge < -0.3 is 15.3 Å². The monoisotopic (exact) mass is 288 g/mol. The molecule has 2 fully saturated rings. The first-order valence-corrected chi connectivity index (χ1v) is 7.00. The maximum Gasteiger partial charge on any atom is 0.335 e. The smallest absolute Gasteiger partial charge is 0.335 e. The van der Waals surface area contributed by atoms with Crippen LogP contribution in [0.3, 0.4) is 0 Å². The molecule has 21 heavy (non-hydrogen) atoms. The number of piperidine rings is 1. The van der Waals surface area contributed by atoms with Crippen LogP contribution in [0.1, 0.15) is 33.6 Å². The van der Waals surface area contributed by atoms with Gasteiger partial charge in [-0.3, -0.25) is 9.59 Å². The Kier molecular flexibility index (Phi) is 3.37. The Hall–Kier alpha value is -2.37. The van der Waals surface area contributed by atoms with Crippen LogP contribution in [0.15, 0.2) is 24.3 Å². The molecule has 2 atom stereocenters. The molecule has 6 nitrogen and oxygen atoms in total. The molecule has 2 aliphatic heterocycles. The third kappa shape index (κ3) is 2.37. The van der Waals surface area contributed by atoms with Gasteiger partial charge in [0, 0.05) is 18.7 Å². The molecule has 2 amide bonds. The number of carboxylic acids is 1. The van der Waals surface area contributed by atoms with Crippen molar-refractivity contribution in [1.29, 1.82) is 0 Å². The van der Waals surface area contributed by atoms with E-state index in [0.29, 0.717) is 18.7 Å². The normalized spacial score (nSPS) is 24.4. The maximum atomic E-state index is 12.6. The molecule has 0 spiro atoms. The molecular formula is C15H16N2O4. The first-order chi connectivity index (χ1) is 10.1. The zero-order chi connectivity index (χ0) is 15.0. The highest BCUT2D eigenvalue weighted by Gasteiger charge is 2.42. The minimum atomic E-state index is -1.06. The van der Waals surface area contributed by atoms with Crippen molar-refractivity contribution in [1.82, 2.24) is 10.2 Å². The van der Waals surface area contributed by atoms with Crippen molar-refractivity contribution in [3.8, 4) is 0 Å². The summed E-state index contributed by atoms with van der Waals surface area (Å²) in [5.74, 6) is -1.38. The number of nitrogens with zero attached hydrogens (tertiary/aromatic N) is 1. The molecule has 1 aromatic carbocycles. The maximum absolute atomic E-state index is 12.6. The van der Waals surface area contributed by atoms with Gasteiger partial charge in [-0.15, -0.1) is 0 Å². The third-order valence-electron chi connectivity index (χ3n) is 4.22. The van der Waals surface area contributed by atoms with E-state index >= 15 is 0 Å². The second kappa shape index (κ2) is 5.20. The first-order valence-electron chi connectivity index (χ1n) is 7.00. The Balaban J connectivity index is 1.86. The summed E-state index contributed by atoms with van der Waals surface area (Å²) in [6, 6.07) is 5.91. The van der Waals surface area contributed by atoms with E-state index < -0.39 is 5.97 Å². The molecule has 110 valence electrons. The van der Waals surface area contributed by atoms with Crippen LogP contribution in [0.4, 0.5) is 0 Å². The van der Waals surface area contributed by atoms with E-state index in [1.807, 2.05) is 0 Å². The van der Waals surface area contributed by atoms with Gasteiger partial charge in [-0.05, 0) is 31.0 Å². The number of benzene rings is 1. The van der Waals surface area contributed by atoms with Crippen LogP contribution in [0, 0.1) is 5.92 Å². The number of fused-ring (bicyclic) bond motifs is 1. The highest BCUT2D eigenvalue weighted by Crippen LogP contribution is 2.28. The fourth-order valence-corrected chi connectivity index (χ4v) is 3.15. The molecule has 0 saturated carbocycles. The summed E-state index contributed by atoms with van der Waals surface area (Å²) in [6.07, 6.45) is 1.59. The minimum absolute atomic E-state index is 0.0109. The van der Waals surface area contributed by atoms with E-state index in [0.717, 1.165) is 12.8 Å². The van der Waals surface area contributed by atoms with Gasteiger partial charge in [-0.25, -0.2) is 4.79 Å². The summed E-state index contributed by atoms with van der Waals surface area (Å²) in [4.78, 5) is 37.0. The number of hydrogen-bond acceptors (Lipinski definition) is 3. The molecule has 0 aromatic heterocycles. The Morgan fingerprint density at radius 3 is 2.81 bits per heavy atom. The Morgan fingerprint density at radius 1 is 1.29 bits per heavy atom. The molecule has 2 N–H and O–H groups in total. The fraction of sp³-hybridized carbons (Fsp3) is 0.400. The van der Waals surface area contributed by atoms with Crippen molar-refractivity contribution in [3.05, 3.63) is 35.4 Å². The molecule has 0 radical (unpaired) electrons. The van der Waals surface area contributed by atoms with E-state index in [4.69, 9.17) is 5.11 Å². The Labute approximate surface area is 121 Å². The molecule has 2 heterocycles. The third-order valence-corrected chi connectivity index (χ3v) is 4.22. The lowest BCUT2D eigenvalue weighted by molar-refractivity contribution is -0.123. The van der Waals surface area contributed by atoms with Gasteiger partial charge >= 0.3 is 5.97 Å². The Bertz CT molecular complexity index is 613. The number of carbonyl (C=O) groups is 3. The zero-order valence-electron chi connectivity index (χ0n) is 11.4. The molecule has 0 aliphatic carbocycles. The van der Waals surface area contributed by atoms with E-state index in [1.165, 1.54) is 12.1 Å². The van der Waals surface area contributed by atoms with Gasteiger partial charge in [0.05, 0.1) is 17.5 Å². The van der Waals surface area contributed by atoms with Gasteiger partial charge in [-0.2, -0.15) is 0 Å². The van der Waals surface area contributed by atoms with Gasteiger partial charge in [-0.1, -0.05) is 6.07 Å². The quantitative estimate of drug-likeness (QED) is 0.840. The van der Waals surface area contributed by atoms with Crippen LogP contribution in [-0.2, 0) is 4.79 Å². The average Bonchev–Trinajstić information content (AvgIpc) is 2.88. The zero-order valence-corrected chi connectivity index (χ0v) is 11.4. The number of carbonyl (C=O) groups excluding carboxylic acids is 2. The van der Waals surface area contributed by atoms with Gasteiger partial charge in [0.2, 0.25) is 5.91 Å². The molecule has 3 rings (SSSR count). The van der Waals surface area contributed by atoms with Crippen LogP contribution >= 0.6 is 0 Å². The highest BCUT2D eigenvalue weighted by molar-refractivity contribution is 5.98. The second-order valence-electron chi connectivity index (χ2n) is 5.45. The van der Waals surface area contributed by atoms with Crippen molar-refractivity contribution < 1.29 is 19.5 Å². The molecule has 2 saturated heterocycles. The lowest BCUT2D eigenvalue weighted by atomic mass is 9.91. The van der Waals surface area contributed by atoms with Crippen LogP contribution in [0.2, 0.25) is 0 Å². The lowest BCUT2D eigenvalue weighted by Gasteiger charge is -2.36. The van der Waals surface area contributed by atoms with Gasteiger partial charge in [0.1, 0.15) is 0 Å². The first kappa shape index (κ1) is 13.6. The minimum Gasteiger partial charge on any atom is -0.478 e. The standard InChI is InChI=1S/C15H16N2O4/c18-13-11-5-2-6-17(12(11)8-16-13)14(19)9-3-1-4-10(7-9)15(20)21/h1,3-4,7,11-12H,2,5-6,8H2,(H,16,18)(H,20,21)/t11-,12-/m1/s1. The number of amides is 2. The van der Waals surface area contributed by atoms with Crippen molar-refractivity contribution in [2.24, 2.45) is 5.92 Å². The van der Waals surface area contributed by atoms with Crippen molar-refractivity contribution >= 4 is 17.8 Å². The predicted octanol–water partition coefficient (Wildman–Crippen LogP) is 0.735. The van der Waals surface area contributed by atoms with Gasteiger partial charge in [0.15, 0.2) is 0 Å². The fourth-order valence-electron chi connectivity index (χ4n) is 3.15. The number of aromatic carboxylic acids is 1. The molecular weight excluding hydrogens is 272 g/mol. The van der Waals surface area contributed by atoms with Gasteiger partial charge in [0.25, 0.3) is 5.91 Å². The molecule has 6 heteroatoms. The molecule has 2 aliphatic rings. The largest absolute Gasteiger partial charge is 0.478 e. The highest BCUT2D eigenvalue weighted by atomic mass is 16.4.